The van der Waals surface area contributed by atoms with Crippen LogP contribution >= 0.6 is 11.8 Å². The molecule has 0 aliphatic heterocycles. The van der Waals surface area contributed by atoms with E-state index in [0.717, 1.165) is 38.2 Å². The minimum Gasteiger partial charge on any atom is -0.342 e. The average molecular weight is 446 g/mol. The zero-order valence-electron chi connectivity index (χ0n) is 17.9. The number of carbonyl (C=O) groups excluding carboxylic acids is 1. The average Bonchev–Trinajstić information content (AvgIpc) is 3.13. The van der Waals surface area contributed by atoms with E-state index in [1.807, 2.05) is 62.5 Å². The number of para-hydroxylation sites is 1. The number of nitro benzene ring substituents is 1. The number of anilines is 1. The first kappa shape index (κ1) is 21.6. The Morgan fingerprint density at radius 1 is 1.03 bits per heavy atom. The van der Waals surface area contributed by atoms with Gasteiger partial charge in [0.15, 0.2) is 0 Å². The third-order valence-electron chi connectivity index (χ3n) is 5.49. The van der Waals surface area contributed by atoms with Crippen molar-refractivity contribution in [2.45, 2.75) is 25.3 Å². The topological polar surface area (TPSA) is 77.2 Å². The number of fused-ring (bicyclic) bond motifs is 1. The number of hydrogen-bond donors (Lipinski definition) is 1. The fraction of sp³-hybridized carbons (Fsp3) is 0.160. The van der Waals surface area contributed by atoms with Gasteiger partial charge in [0.2, 0.25) is 5.91 Å². The largest absolute Gasteiger partial charge is 0.342 e. The highest BCUT2D eigenvalue weighted by molar-refractivity contribution is 8.00. The Morgan fingerprint density at radius 2 is 1.78 bits per heavy atom. The number of aryl methyl sites for hydroxylation is 1. The molecule has 1 heterocycles. The molecule has 0 radical (unpaired) electrons. The van der Waals surface area contributed by atoms with E-state index < -0.39 is 4.92 Å². The van der Waals surface area contributed by atoms with Crippen molar-refractivity contribution in [3.63, 3.8) is 0 Å². The molecule has 6 nitrogen and oxygen atoms in total. The van der Waals surface area contributed by atoms with E-state index in [9.17, 15) is 14.9 Å². The van der Waals surface area contributed by atoms with Crippen LogP contribution in [0.15, 0.2) is 77.8 Å². The Bertz CT molecular complexity index is 1300. The number of aromatic nitrogens is 1. The van der Waals surface area contributed by atoms with E-state index in [1.54, 1.807) is 12.1 Å². The number of rotatable bonds is 7. The van der Waals surface area contributed by atoms with Gasteiger partial charge in [-0.25, -0.2) is 0 Å². The van der Waals surface area contributed by atoms with Crippen LogP contribution in [0.3, 0.4) is 0 Å². The zero-order valence-corrected chi connectivity index (χ0v) is 18.7. The first-order valence-corrected chi connectivity index (χ1v) is 11.2. The predicted octanol–water partition coefficient (Wildman–Crippen LogP) is 5.95. The molecule has 4 aromatic rings. The second-order valence-corrected chi connectivity index (χ2v) is 8.66. The van der Waals surface area contributed by atoms with Crippen molar-refractivity contribution >= 4 is 39.9 Å². The second-order valence-electron chi connectivity index (χ2n) is 7.65. The number of thioether (sulfide) groups is 1. The Hall–Kier alpha value is -3.58. The summed E-state index contributed by atoms with van der Waals surface area (Å²) < 4.78 is 2.11. The maximum Gasteiger partial charge on any atom is 0.269 e. The predicted molar refractivity (Wildman–Crippen MR) is 129 cm³/mol. The van der Waals surface area contributed by atoms with E-state index in [1.165, 1.54) is 23.9 Å². The van der Waals surface area contributed by atoms with E-state index in [-0.39, 0.29) is 11.6 Å². The minimum atomic E-state index is -0.396. The van der Waals surface area contributed by atoms with Gasteiger partial charge in [-0.1, -0.05) is 42.5 Å². The lowest BCUT2D eigenvalue weighted by Crippen LogP contribution is -2.15. The molecule has 32 heavy (non-hydrogen) atoms. The normalized spacial score (nSPS) is 10.9. The maximum absolute atomic E-state index is 12.6. The number of nitrogens with one attached hydrogen (secondary N) is 1. The summed E-state index contributed by atoms with van der Waals surface area (Å²) in [6.07, 6.45) is 2.04. The molecule has 162 valence electrons. The lowest BCUT2D eigenvalue weighted by atomic mass is 10.1. The van der Waals surface area contributed by atoms with E-state index >= 15 is 0 Å². The van der Waals surface area contributed by atoms with Crippen molar-refractivity contribution in [3.05, 3.63) is 99.7 Å². The molecule has 1 N–H and O–H groups in total. The van der Waals surface area contributed by atoms with Gasteiger partial charge in [-0.3, -0.25) is 14.9 Å². The molecule has 0 atom stereocenters. The maximum atomic E-state index is 12.6. The first-order chi connectivity index (χ1) is 15.4. The third-order valence-corrected chi connectivity index (χ3v) is 6.53. The van der Waals surface area contributed by atoms with Crippen molar-refractivity contribution < 1.29 is 9.72 Å². The van der Waals surface area contributed by atoms with Crippen LogP contribution < -0.4 is 5.32 Å². The SMILES string of the molecule is Cc1cccc(NC(=O)CSc2cn(Cc3ccc([N+](=O)[O-])cc3)c3ccccc23)c1C. The molecular formula is C25H23N3O3S. The van der Waals surface area contributed by atoms with Gasteiger partial charge in [0.1, 0.15) is 0 Å². The number of carbonyl (C=O) groups is 1. The van der Waals surface area contributed by atoms with E-state index in [4.69, 9.17) is 0 Å². The van der Waals surface area contributed by atoms with Crippen LogP contribution in [0.2, 0.25) is 0 Å². The first-order valence-electron chi connectivity index (χ1n) is 10.2. The number of nitro groups is 1. The molecule has 0 saturated carbocycles. The van der Waals surface area contributed by atoms with E-state index in [0.29, 0.717) is 12.3 Å². The standard InChI is InChI=1S/C25H23N3O3S/c1-17-6-5-8-22(18(17)2)26-25(29)16-32-24-15-27(23-9-4-3-7-21(23)24)14-19-10-12-20(13-11-19)28(30)31/h3-13,15H,14,16H2,1-2H3,(H,26,29). The fourth-order valence-corrected chi connectivity index (χ4v) is 4.48. The lowest BCUT2D eigenvalue weighted by Gasteiger charge is -2.10. The Morgan fingerprint density at radius 3 is 2.53 bits per heavy atom. The molecule has 4 rings (SSSR count). The highest BCUT2D eigenvalue weighted by atomic mass is 32.2. The number of non-ortho nitro benzene ring substituents is 1. The van der Waals surface area contributed by atoms with Crippen LogP contribution in [0.5, 0.6) is 0 Å². The lowest BCUT2D eigenvalue weighted by molar-refractivity contribution is -0.384. The molecule has 1 amide bonds. The highest BCUT2D eigenvalue weighted by Crippen LogP contribution is 2.31. The summed E-state index contributed by atoms with van der Waals surface area (Å²) in [5.41, 5.74) is 5.17. The monoisotopic (exact) mass is 445 g/mol. The number of benzene rings is 3. The number of hydrogen-bond acceptors (Lipinski definition) is 4. The minimum absolute atomic E-state index is 0.0455. The van der Waals surface area contributed by atoms with E-state index in [2.05, 4.69) is 9.88 Å². The van der Waals surface area contributed by atoms with Gasteiger partial charge in [0, 0.05) is 46.4 Å². The summed E-state index contributed by atoms with van der Waals surface area (Å²) in [6, 6.07) is 20.5. The molecule has 0 aliphatic carbocycles. The van der Waals surface area contributed by atoms with Crippen LogP contribution in [0.1, 0.15) is 16.7 Å². The summed E-state index contributed by atoms with van der Waals surface area (Å²) in [5, 5.41) is 15.0. The molecule has 0 bridgehead atoms. The van der Waals surface area contributed by atoms with Gasteiger partial charge in [0.05, 0.1) is 10.7 Å². The van der Waals surface area contributed by atoms with Crippen molar-refractivity contribution in [2.24, 2.45) is 0 Å². The molecular weight excluding hydrogens is 422 g/mol. The third kappa shape index (κ3) is 4.68. The quantitative estimate of drug-likeness (QED) is 0.217. The summed E-state index contributed by atoms with van der Waals surface area (Å²) in [6.45, 7) is 4.62. The summed E-state index contributed by atoms with van der Waals surface area (Å²) >= 11 is 1.50. The number of nitrogens with zero attached hydrogens (tertiary/aromatic N) is 2. The molecule has 0 unspecified atom stereocenters. The molecule has 0 spiro atoms. The van der Waals surface area contributed by atoms with Crippen LogP contribution in [0, 0.1) is 24.0 Å². The molecule has 1 aromatic heterocycles. The molecule has 0 saturated heterocycles. The Kier molecular flexibility index (Phi) is 6.28. The van der Waals surface area contributed by atoms with Crippen molar-refractivity contribution in [1.82, 2.24) is 4.57 Å². The van der Waals surface area contributed by atoms with Gasteiger partial charge in [-0.15, -0.1) is 11.8 Å². The summed E-state index contributed by atoms with van der Waals surface area (Å²) in [7, 11) is 0. The highest BCUT2D eigenvalue weighted by Gasteiger charge is 2.13. The summed E-state index contributed by atoms with van der Waals surface area (Å²) in [5.74, 6) is 0.259. The summed E-state index contributed by atoms with van der Waals surface area (Å²) in [4.78, 5) is 24.1. The van der Waals surface area contributed by atoms with Gasteiger partial charge < -0.3 is 9.88 Å². The van der Waals surface area contributed by atoms with Gasteiger partial charge >= 0.3 is 0 Å². The smallest absolute Gasteiger partial charge is 0.269 e. The second kappa shape index (κ2) is 9.28. The molecule has 0 aliphatic rings. The van der Waals surface area contributed by atoms with Crippen molar-refractivity contribution in [3.8, 4) is 0 Å². The van der Waals surface area contributed by atoms with Gasteiger partial charge in [-0.05, 0) is 42.7 Å². The molecule has 7 heteroatoms. The van der Waals surface area contributed by atoms with Crippen LogP contribution in [0.4, 0.5) is 11.4 Å². The van der Waals surface area contributed by atoms with Crippen LogP contribution in [-0.2, 0) is 11.3 Å². The Balaban J connectivity index is 1.50. The van der Waals surface area contributed by atoms with Gasteiger partial charge in [-0.2, -0.15) is 0 Å². The molecule has 0 fully saturated rings. The van der Waals surface area contributed by atoms with Crippen molar-refractivity contribution in [2.75, 3.05) is 11.1 Å². The van der Waals surface area contributed by atoms with Crippen LogP contribution in [0.25, 0.3) is 10.9 Å². The fourth-order valence-electron chi connectivity index (χ4n) is 3.59. The molecule has 3 aromatic carbocycles. The Labute approximate surface area is 190 Å². The van der Waals surface area contributed by atoms with Crippen LogP contribution in [-0.4, -0.2) is 21.2 Å². The van der Waals surface area contributed by atoms with Gasteiger partial charge in [0.25, 0.3) is 5.69 Å². The number of amides is 1. The van der Waals surface area contributed by atoms with Crippen molar-refractivity contribution in [1.29, 1.82) is 0 Å². The zero-order chi connectivity index (χ0) is 22.7.